The number of hydrogen-bond donors (Lipinski definition) is 0. The molecular formula is C14H13BrF3N3O. The monoisotopic (exact) mass is 375 g/mol. The van der Waals surface area contributed by atoms with Crippen LogP contribution in [0.2, 0.25) is 0 Å². The lowest BCUT2D eigenvalue weighted by atomic mass is 10.3. The maximum atomic E-state index is 12.9. The molecule has 0 N–H and O–H groups in total. The zero-order valence-electron chi connectivity index (χ0n) is 11.9. The van der Waals surface area contributed by atoms with Crippen molar-refractivity contribution in [3.05, 3.63) is 40.5 Å². The molecule has 2 aromatic rings. The number of ether oxygens (including phenoxy) is 1. The van der Waals surface area contributed by atoms with Gasteiger partial charge in [0.05, 0.1) is 6.61 Å². The summed E-state index contributed by atoms with van der Waals surface area (Å²) in [5, 5.41) is 0. The number of alkyl halides is 3. The molecular weight excluding hydrogens is 363 g/mol. The molecule has 0 atom stereocenters. The summed E-state index contributed by atoms with van der Waals surface area (Å²) in [4.78, 5) is 9.26. The molecule has 22 heavy (non-hydrogen) atoms. The normalized spacial score (nSPS) is 11.4. The molecule has 8 heteroatoms. The fraction of sp³-hybridized carbons (Fsp3) is 0.286. The first-order chi connectivity index (χ1) is 10.3. The van der Waals surface area contributed by atoms with E-state index < -0.39 is 17.6 Å². The Morgan fingerprint density at radius 1 is 1.32 bits per heavy atom. The van der Waals surface area contributed by atoms with Gasteiger partial charge < -0.3 is 9.64 Å². The standard InChI is InChI=1S/C14H13BrF3N3O/c1-3-22-12-11(14(16,17)18)8-19-13(20-12)21(2)10-6-4-5-9(15)7-10/h4-8H,3H2,1-2H3. The molecule has 0 aliphatic rings. The SMILES string of the molecule is CCOc1nc(N(C)c2cccc(Br)c2)ncc1C(F)(F)F. The van der Waals surface area contributed by atoms with Gasteiger partial charge in [-0.25, -0.2) is 4.98 Å². The van der Waals surface area contributed by atoms with Gasteiger partial charge in [0.15, 0.2) is 0 Å². The fourth-order valence-corrected chi connectivity index (χ4v) is 2.15. The topological polar surface area (TPSA) is 38.2 Å². The molecule has 4 nitrogen and oxygen atoms in total. The van der Waals surface area contributed by atoms with Crippen molar-refractivity contribution >= 4 is 27.6 Å². The van der Waals surface area contributed by atoms with Crippen LogP contribution in [0.3, 0.4) is 0 Å². The van der Waals surface area contributed by atoms with Crippen molar-refractivity contribution in [3.63, 3.8) is 0 Å². The molecule has 0 amide bonds. The van der Waals surface area contributed by atoms with Crippen LogP contribution in [0.15, 0.2) is 34.9 Å². The van der Waals surface area contributed by atoms with Gasteiger partial charge in [0.1, 0.15) is 5.56 Å². The van der Waals surface area contributed by atoms with E-state index in [2.05, 4.69) is 25.9 Å². The maximum Gasteiger partial charge on any atom is 0.423 e. The van der Waals surface area contributed by atoms with Crippen LogP contribution in [0.1, 0.15) is 12.5 Å². The second-order valence-electron chi connectivity index (χ2n) is 4.36. The molecule has 0 bridgehead atoms. The van der Waals surface area contributed by atoms with E-state index in [4.69, 9.17) is 4.74 Å². The van der Waals surface area contributed by atoms with Crippen LogP contribution in [0.4, 0.5) is 24.8 Å². The number of hydrogen-bond acceptors (Lipinski definition) is 4. The van der Waals surface area contributed by atoms with Crippen molar-refractivity contribution in [2.45, 2.75) is 13.1 Å². The summed E-state index contributed by atoms with van der Waals surface area (Å²) in [5.41, 5.74) is -0.252. The van der Waals surface area contributed by atoms with Gasteiger partial charge in [-0.3, -0.25) is 0 Å². The molecule has 1 heterocycles. The Balaban J connectivity index is 2.42. The third kappa shape index (κ3) is 3.68. The number of halogens is 4. The third-order valence-electron chi connectivity index (χ3n) is 2.82. The van der Waals surface area contributed by atoms with Gasteiger partial charge in [-0.2, -0.15) is 18.2 Å². The number of rotatable bonds is 4. The minimum absolute atomic E-state index is 0.0835. The van der Waals surface area contributed by atoms with Crippen LogP contribution in [-0.4, -0.2) is 23.6 Å². The first kappa shape index (κ1) is 16.5. The van der Waals surface area contributed by atoms with Crippen molar-refractivity contribution in [1.82, 2.24) is 9.97 Å². The van der Waals surface area contributed by atoms with E-state index in [-0.39, 0.29) is 12.6 Å². The number of benzene rings is 1. The van der Waals surface area contributed by atoms with Crippen LogP contribution in [-0.2, 0) is 6.18 Å². The van der Waals surface area contributed by atoms with Crippen LogP contribution in [0, 0.1) is 0 Å². The number of nitrogens with zero attached hydrogens (tertiary/aromatic N) is 3. The maximum absolute atomic E-state index is 12.9. The Labute approximate surface area is 134 Å². The smallest absolute Gasteiger partial charge is 0.423 e. The summed E-state index contributed by atoms with van der Waals surface area (Å²) in [7, 11) is 1.67. The van der Waals surface area contributed by atoms with Crippen molar-refractivity contribution in [2.24, 2.45) is 0 Å². The highest BCUT2D eigenvalue weighted by atomic mass is 79.9. The van der Waals surface area contributed by atoms with E-state index in [1.165, 1.54) is 0 Å². The molecule has 0 fully saturated rings. The van der Waals surface area contributed by atoms with Gasteiger partial charge in [-0.15, -0.1) is 0 Å². The molecule has 1 aromatic carbocycles. The van der Waals surface area contributed by atoms with E-state index in [1.807, 2.05) is 12.1 Å². The molecule has 118 valence electrons. The van der Waals surface area contributed by atoms with Crippen molar-refractivity contribution in [2.75, 3.05) is 18.6 Å². The summed E-state index contributed by atoms with van der Waals surface area (Å²) >= 11 is 3.34. The highest BCUT2D eigenvalue weighted by Gasteiger charge is 2.36. The molecule has 0 saturated heterocycles. The van der Waals surface area contributed by atoms with E-state index in [9.17, 15) is 13.2 Å². The molecule has 1 aromatic heterocycles. The van der Waals surface area contributed by atoms with Crippen LogP contribution in [0.5, 0.6) is 5.88 Å². The Hall–Kier alpha value is -1.83. The predicted octanol–water partition coefficient (Wildman–Crippen LogP) is 4.42. The minimum Gasteiger partial charge on any atom is -0.477 e. The molecule has 0 radical (unpaired) electrons. The quantitative estimate of drug-likeness (QED) is 0.792. The van der Waals surface area contributed by atoms with Crippen LogP contribution in [0.25, 0.3) is 0 Å². The molecule has 0 aliphatic carbocycles. The average molecular weight is 376 g/mol. The van der Waals surface area contributed by atoms with Crippen molar-refractivity contribution in [3.8, 4) is 5.88 Å². The Morgan fingerprint density at radius 2 is 2.05 bits per heavy atom. The van der Waals surface area contributed by atoms with Gasteiger partial charge >= 0.3 is 6.18 Å². The summed E-state index contributed by atoms with van der Waals surface area (Å²) in [6.07, 6.45) is -3.82. The van der Waals surface area contributed by atoms with E-state index in [0.29, 0.717) is 0 Å². The van der Waals surface area contributed by atoms with Crippen molar-refractivity contribution in [1.29, 1.82) is 0 Å². The molecule has 0 saturated carbocycles. The lowest BCUT2D eigenvalue weighted by molar-refractivity contribution is -0.139. The summed E-state index contributed by atoms with van der Waals surface area (Å²) < 4.78 is 44.6. The summed E-state index contributed by atoms with van der Waals surface area (Å²) in [6.45, 7) is 1.68. The second-order valence-corrected chi connectivity index (χ2v) is 5.27. The first-order valence-electron chi connectivity index (χ1n) is 6.39. The van der Waals surface area contributed by atoms with Crippen LogP contribution >= 0.6 is 15.9 Å². The molecule has 0 spiro atoms. The predicted molar refractivity (Wildman–Crippen MR) is 80.4 cm³/mol. The zero-order valence-corrected chi connectivity index (χ0v) is 13.4. The molecule has 0 unspecified atom stereocenters. The average Bonchev–Trinajstić information content (AvgIpc) is 2.45. The summed E-state index contributed by atoms with van der Waals surface area (Å²) in [6, 6.07) is 7.26. The Bertz CT molecular complexity index is 664. The van der Waals surface area contributed by atoms with E-state index in [0.717, 1.165) is 16.4 Å². The summed E-state index contributed by atoms with van der Waals surface area (Å²) in [5.74, 6) is -0.351. The first-order valence-corrected chi connectivity index (χ1v) is 7.18. The number of anilines is 2. The van der Waals surface area contributed by atoms with Gasteiger partial charge in [0.25, 0.3) is 0 Å². The zero-order chi connectivity index (χ0) is 16.3. The van der Waals surface area contributed by atoms with E-state index >= 15 is 0 Å². The highest BCUT2D eigenvalue weighted by molar-refractivity contribution is 9.10. The Kier molecular flexibility index (Phi) is 4.90. The largest absolute Gasteiger partial charge is 0.477 e. The highest BCUT2D eigenvalue weighted by Crippen LogP contribution is 2.36. The lowest BCUT2D eigenvalue weighted by Crippen LogP contribution is -2.17. The van der Waals surface area contributed by atoms with Gasteiger partial charge in [0.2, 0.25) is 11.8 Å². The third-order valence-corrected chi connectivity index (χ3v) is 3.32. The fourth-order valence-electron chi connectivity index (χ4n) is 1.76. The minimum atomic E-state index is -4.56. The second kappa shape index (κ2) is 6.51. The Morgan fingerprint density at radius 3 is 2.64 bits per heavy atom. The van der Waals surface area contributed by atoms with Gasteiger partial charge in [-0.05, 0) is 25.1 Å². The van der Waals surface area contributed by atoms with Gasteiger partial charge in [-0.1, -0.05) is 22.0 Å². The van der Waals surface area contributed by atoms with Crippen LogP contribution < -0.4 is 9.64 Å². The lowest BCUT2D eigenvalue weighted by Gasteiger charge is -2.19. The van der Waals surface area contributed by atoms with Crippen molar-refractivity contribution < 1.29 is 17.9 Å². The number of aromatic nitrogens is 2. The van der Waals surface area contributed by atoms with E-state index in [1.54, 1.807) is 31.0 Å². The molecule has 0 aliphatic heterocycles. The molecule has 2 rings (SSSR count). The van der Waals surface area contributed by atoms with Gasteiger partial charge in [0, 0.05) is 23.4 Å².